The van der Waals surface area contributed by atoms with Crippen LogP contribution in [0.15, 0.2) is 42.5 Å². The van der Waals surface area contributed by atoms with E-state index in [1.165, 1.54) is 0 Å². The van der Waals surface area contributed by atoms with Crippen LogP contribution in [0.25, 0.3) is 0 Å². The van der Waals surface area contributed by atoms with Crippen LogP contribution in [0.5, 0.6) is 0 Å². The Kier molecular flexibility index (Phi) is 6.78. The molecule has 138 valence electrons. The zero-order chi connectivity index (χ0) is 19.1. The summed E-state index contributed by atoms with van der Waals surface area (Å²) in [6, 6.07) is 13.8. The van der Waals surface area contributed by atoms with Gasteiger partial charge in [0.05, 0.1) is 6.54 Å². The molecule has 0 saturated heterocycles. The van der Waals surface area contributed by atoms with Crippen LogP contribution >= 0.6 is 0 Å². The molecule has 0 heterocycles. The lowest BCUT2D eigenvalue weighted by atomic mass is 10.1. The molecule has 0 aromatic heterocycles. The third-order valence-corrected chi connectivity index (χ3v) is 4.28. The predicted molar refractivity (Wildman–Crippen MR) is 106 cm³/mol. The lowest BCUT2D eigenvalue weighted by Crippen LogP contribution is -2.22. The topological polar surface area (TPSA) is 61.4 Å². The number of anilines is 2. The quantitative estimate of drug-likeness (QED) is 0.802. The first-order valence-corrected chi connectivity index (χ1v) is 8.76. The molecule has 0 spiro atoms. The van der Waals surface area contributed by atoms with Gasteiger partial charge in [-0.25, -0.2) is 0 Å². The van der Waals surface area contributed by atoms with E-state index in [0.29, 0.717) is 12.8 Å². The maximum absolute atomic E-state index is 12.2. The Morgan fingerprint density at radius 3 is 2.15 bits per heavy atom. The first kappa shape index (κ1) is 19.5. The van der Waals surface area contributed by atoms with Gasteiger partial charge in [-0.15, -0.1) is 0 Å². The van der Waals surface area contributed by atoms with Gasteiger partial charge in [0.2, 0.25) is 11.8 Å². The molecular formula is C21H27N3O2. The number of hydrogen-bond donors (Lipinski definition) is 2. The number of para-hydroxylation sites is 1. The molecule has 0 unspecified atom stereocenters. The number of carbonyl (C=O) groups is 2. The first-order chi connectivity index (χ1) is 12.4. The second-order valence-corrected chi connectivity index (χ2v) is 6.65. The molecule has 2 N–H and O–H groups in total. The zero-order valence-electron chi connectivity index (χ0n) is 15.9. The van der Waals surface area contributed by atoms with E-state index >= 15 is 0 Å². The van der Waals surface area contributed by atoms with Gasteiger partial charge in [-0.3, -0.25) is 9.59 Å². The van der Waals surface area contributed by atoms with Crippen molar-refractivity contribution in [3.63, 3.8) is 0 Å². The Bertz CT molecular complexity index is 747. The average Bonchev–Trinajstić information content (AvgIpc) is 2.62. The molecule has 2 aromatic rings. The molecule has 0 bridgehead atoms. The van der Waals surface area contributed by atoms with E-state index in [1.807, 2.05) is 56.3 Å². The summed E-state index contributed by atoms with van der Waals surface area (Å²) in [6.45, 7) is 4.16. The van der Waals surface area contributed by atoms with E-state index < -0.39 is 0 Å². The molecule has 2 rings (SSSR count). The van der Waals surface area contributed by atoms with Crippen molar-refractivity contribution in [1.82, 2.24) is 4.90 Å². The number of nitrogens with zero attached hydrogens (tertiary/aromatic N) is 1. The second-order valence-electron chi connectivity index (χ2n) is 6.65. The summed E-state index contributed by atoms with van der Waals surface area (Å²) < 4.78 is 0. The summed E-state index contributed by atoms with van der Waals surface area (Å²) in [5.41, 5.74) is 4.96. The fourth-order valence-corrected chi connectivity index (χ4v) is 2.64. The van der Waals surface area contributed by atoms with Crippen molar-refractivity contribution >= 4 is 23.2 Å². The molecule has 0 aliphatic rings. The van der Waals surface area contributed by atoms with Crippen LogP contribution in [0, 0.1) is 13.8 Å². The molecule has 0 aliphatic carbocycles. The Labute approximate surface area is 155 Å². The molecule has 0 atom stereocenters. The van der Waals surface area contributed by atoms with Crippen LogP contribution in [-0.2, 0) is 16.0 Å². The predicted octanol–water partition coefficient (Wildman–Crippen LogP) is 3.37. The minimum Gasteiger partial charge on any atom is -0.376 e. The van der Waals surface area contributed by atoms with Crippen LogP contribution in [0.2, 0.25) is 0 Å². The SMILES string of the molecule is Cc1cccc(C)c1NC(=O)CNc1ccc(CCC(=O)N(C)C)cc1. The molecule has 5 nitrogen and oxygen atoms in total. The van der Waals surface area contributed by atoms with Crippen molar-refractivity contribution in [2.45, 2.75) is 26.7 Å². The smallest absolute Gasteiger partial charge is 0.243 e. The van der Waals surface area contributed by atoms with Crippen LogP contribution in [-0.4, -0.2) is 37.4 Å². The highest BCUT2D eigenvalue weighted by Crippen LogP contribution is 2.19. The number of aryl methyl sites for hydroxylation is 3. The van der Waals surface area contributed by atoms with Crippen molar-refractivity contribution < 1.29 is 9.59 Å². The van der Waals surface area contributed by atoms with Crippen molar-refractivity contribution in [3.05, 3.63) is 59.2 Å². The van der Waals surface area contributed by atoms with Crippen LogP contribution in [0.4, 0.5) is 11.4 Å². The van der Waals surface area contributed by atoms with E-state index in [-0.39, 0.29) is 18.4 Å². The Hall–Kier alpha value is -2.82. The molecule has 0 fully saturated rings. The lowest BCUT2D eigenvalue weighted by Gasteiger charge is -2.13. The molecule has 0 radical (unpaired) electrons. The average molecular weight is 353 g/mol. The van der Waals surface area contributed by atoms with E-state index in [2.05, 4.69) is 10.6 Å². The molecular weight excluding hydrogens is 326 g/mol. The molecule has 26 heavy (non-hydrogen) atoms. The number of nitrogens with one attached hydrogen (secondary N) is 2. The summed E-state index contributed by atoms with van der Waals surface area (Å²) in [5.74, 6) is 0.0402. The number of carbonyl (C=O) groups excluding carboxylic acids is 2. The molecule has 0 saturated carbocycles. The summed E-state index contributed by atoms with van der Waals surface area (Å²) in [7, 11) is 3.53. The maximum atomic E-state index is 12.2. The normalized spacial score (nSPS) is 10.3. The number of amides is 2. The van der Waals surface area contributed by atoms with Gasteiger partial charge >= 0.3 is 0 Å². The van der Waals surface area contributed by atoms with Crippen molar-refractivity contribution in [2.24, 2.45) is 0 Å². The number of hydrogen-bond acceptors (Lipinski definition) is 3. The highest BCUT2D eigenvalue weighted by atomic mass is 16.2. The summed E-state index contributed by atoms with van der Waals surface area (Å²) >= 11 is 0. The monoisotopic (exact) mass is 353 g/mol. The van der Waals surface area contributed by atoms with Crippen LogP contribution in [0.3, 0.4) is 0 Å². The maximum Gasteiger partial charge on any atom is 0.243 e. The van der Waals surface area contributed by atoms with Gasteiger partial charge in [0.1, 0.15) is 0 Å². The van der Waals surface area contributed by atoms with Gasteiger partial charge in [0.15, 0.2) is 0 Å². The summed E-state index contributed by atoms with van der Waals surface area (Å²) in [6.07, 6.45) is 1.21. The van der Waals surface area contributed by atoms with Crippen molar-refractivity contribution in [2.75, 3.05) is 31.3 Å². The van der Waals surface area contributed by atoms with Crippen LogP contribution in [0.1, 0.15) is 23.1 Å². The summed E-state index contributed by atoms with van der Waals surface area (Å²) in [4.78, 5) is 25.4. The van der Waals surface area contributed by atoms with Crippen molar-refractivity contribution in [1.29, 1.82) is 0 Å². The Morgan fingerprint density at radius 1 is 0.962 bits per heavy atom. The minimum atomic E-state index is -0.0805. The standard InChI is InChI=1S/C21H27N3O2/c1-15-6-5-7-16(2)21(15)23-19(25)14-22-18-11-8-17(9-12-18)10-13-20(26)24(3)4/h5-9,11-12,22H,10,13-14H2,1-4H3,(H,23,25). The van der Waals surface area contributed by atoms with E-state index in [9.17, 15) is 9.59 Å². The van der Waals surface area contributed by atoms with Crippen molar-refractivity contribution in [3.8, 4) is 0 Å². The fraction of sp³-hybridized carbons (Fsp3) is 0.333. The number of rotatable bonds is 7. The molecule has 2 amide bonds. The minimum absolute atomic E-state index is 0.0805. The van der Waals surface area contributed by atoms with E-state index in [4.69, 9.17) is 0 Å². The highest BCUT2D eigenvalue weighted by molar-refractivity contribution is 5.95. The molecule has 2 aromatic carbocycles. The van der Waals surface area contributed by atoms with Gasteiger partial charge < -0.3 is 15.5 Å². The van der Waals surface area contributed by atoms with Gasteiger partial charge in [-0.1, -0.05) is 30.3 Å². The highest BCUT2D eigenvalue weighted by Gasteiger charge is 2.07. The third-order valence-electron chi connectivity index (χ3n) is 4.28. The van der Waals surface area contributed by atoms with E-state index in [1.54, 1.807) is 19.0 Å². The van der Waals surface area contributed by atoms with Gasteiger partial charge in [0, 0.05) is 31.9 Å². The van der Waals surface area contributed by atoms with Gasteiger partial charge in [0.25, 0.3) is 0 Å². The van der Waals surface area contributed by atoms with Gasteiger partial charge in [-0.2, -0.15) is 0 Å². The van der Waals surface area contributed by atoms with E-state index in [0.717, 1.165) is 28.1 Å². The second kappa shape index (κ2) is 9.04. The lowest BCUT2D eigenvalue weighted by molar-refractivity contribution is -0.128. The zero-order valence-corrected chi connectivity index (χ0v) is 15.9. The Balaban J connectivity index is 1.84. The molecule has 5 heteroatoms. The number of benzene rings is 2. The first-order valence-electron chi connectivity index (χ1n) is 8.76. The largest absolute Gasteiger partial charge is 0.376 e. The fourth-order valence-electron chi connectivity index (χ4n) is 2.64. The van der Waals surface area contributed by atoms with Gasteiger partial charge in [-0.05, 0) is 49.1 Å². The van der Waals surface area contributed by atoms with Crippen LogP contribution < -0.4 is 10.6 Å². The summed E-state index contributed by atoms with van der Waals surface area (Å²) in [5, 5.41) is 6.09. The third kappa shape index (κ3) is 5.62. The Morgan fingerprint density at radius 2 is 1.58 bits per heavy atom. The molecule has 0 aliphatic heterocycles.